The van der Waals surface area contributed by atoms with Gasteiger partial charge in [0.05, 0.1) is 0 Å². The van der Waals surface area contributed by atoms with Crippen LogP contribution in [0.4, 0.5) is 11.4 Å². The Morgan fingerprint density at radius 3 is 2.27 bits per heavy atom. The van der Waals surface area contributed by atoms with E-state index >= 15 is 0 Å². The lowest BCUT2D eigenvalue weighted by molar-refractivity contribution is -0.0583. The molecule has 0 heterocycles. The highest BCUT2D eigenvalue weighted by molar-refractivity contribution is 6.06. The highest BCUT2D eigenvalue weighted by Gasteiger charge is 2.59. The first-order valence-electron chi connectivity index (χ1n) is 19.5. The molecular formula is C46H58N2O3. The monoisotopic (exact) mass is 686 g/mol. The Morgan fingerprint density at radius 1 is 0.863 bits per heavy atom. The zero-order valence-corrected chi connectivity index (χ0v) is 31.4. The van der Waals surface area contributed by atoms with Gasteiger partial charge < -0.3 is 20.9 Å². The standard InChI is InChI=1S/C46H58N2O3/c1-29(2)30(3)41-17-18-42-40-16-11-34-26-39(20-22-45(34,4)43(40)21-23-46(41,42)5)51-38-14-9-33(10-15-38)44(49)19-8-31-6-12-37(13-7-31)50-28-32-24-35(47)27-36(48)25-32/h6-15,19,24-25,27,29-30,39-43H,16-18,20-23,26,28,47-48H2,1-5H3/b19-8+. The van der Waals surface area contributed by atoms with Crippen LogP contribution in [0.3, 0.4) is 0 Å². The molecular weight excluding hydrogens is 629 g/mol. The second-order valence-electron chi connectivity index (χ2n) is 17.2. The maximum absolute atomic E-state index is 13.0. The topological polar surface area (TPSA) is 87.6 Å². The molecule has 8 atom stereocenters. The van der Waals surface area contributed by atoms with E-state index in [0.29, 0.717) is 34.4 Å². The Labute approximate surface area is 305 Å². The summed E-state index contributed by atoms with van der Waals surface area (Å²) in [5.74, 6) is 6.56. The molecule has 5 heteroatoms. The minimum atomic E-state index is -0.0349. The molecule has 3 saturated carbocycles. The van der Waals surface area contributed by atoms with Crippen LogP contribution >= 0.6 is 0 Å². The molecule has 3 fully saturated rings. The Bertz CT molecular complexity index is 1750. The summed E-state index contributed by atoms with van der Waals surface area (Å²) in [7, 11) is 0. The number of anilines is 2. The van der Waals surface area contributed by atoms with Crippen LogP contribution in [0.25, 0.3) is 6.08 Å². The molecule has 7 rings (SSSR count). The molecule has 51 heavy (non-hydrogen) atoms. The minimum absolute atomic E-state index is 0.0349. The van der Waals surface area contributed by atoms with E-state index in [1.807, 2.05) is 66.7 Å². The lowest BCUT2D eigenvalue weighted by atomic mass is 9.47. The molecule has 0 radical (unpaired) electrons. The smallest absolute Gasteiger partial charge is 0.185 e. The molecule has 4 N–H and O–H groups in total. The summed E-state index contributed by atoms with van der Waals surface area (Å²) in [6.07, 6.45) is 16.5. The average Bonchev–Trinajstić information content (AvgIpc) is 3.47. The van der Waals surface area contributed by atoms with Crippen LogP contribution in [0, 0.1) is 46.3 Å². The largest absolute Gasteiger partial charge is 0.490 e. The van der Waals surface area contributed by atoms with Crippen molar-refractivity contribution in [1.29, 1.82) is 0 Å². The van der Waals surface area contributed by atoms with Gasteiger partial charge in [0, 0.05) is 23.4 Å². The Hall–Kier alpha value is -3.99. The molecule has 5 nitrogen and oxygen atoms in total. The summed E-state index contributed by atoms with van der Waals surface area (Å²) in [5, 5.41) is 0. The van der Waals surface area contributed by atoms with Gasteiger partial charge >= 0.3 is 0 Å². The number of nitrogen functional groups attached to an aromatic ring is 2. The highest BCUT2D eigenvalue weighted by atomic mass is 16.5. The fraction of sp³-hybridized carbons (Fsp3) is 0.500. The number of fused-ring (bicyclic) bond motifs is 5. The van der Waals surface area contributed by atoms with Crippen LogP contribution in [0.2, 0.25) is 0 Å². The average molecular weight is 687 g/mol. The van der Waals surface area contributed by atoms with Gasteiger partial charge in [-0.25, -0.2) is 0 Å². The number of benzene rings is 3. The number of allylic oxidation sites excluding steroid dienone is 2. The normalized spacial score (nSPS) is 30.6. The first-order valence-corrected chi connectivity index (χ1v) is 19.5. The van der Waals surface area contributed by atoms with Crippen LogP contribution in [0.15, 0.2) is 84.5 Å². The maximum atomic E-state index is 13.0. The van der Waals surface area contributed by atoms with Gasteiger partial charge in [-0.2, -0.15) is 0 Å². The highest BCUT2D eigenvalue weighted by Crippen LogP contribution is 2.67. The number of nitrogens with two attached hydrogens (primary N) is 2. The van der Waals surface area contributed by atoms with Crippen molar-refractivity contribution in [3.63, 3.8) is 0 Å². The first kappa shape index (κ1) is 35.4. The van der Waals surface area contributed by atoms with Gasteiger partial charge in [0.25, 0.3) is 0 Å². The van der Waals surface area contributed by atoms with Gasteiger partial charge in [-0.05, 0) is 163 Å². The molecule has 0 bridgehead atoms. The lowest BCUT2D eigenvalue weighted by Crippen LogP contribution is -2.51. The number of hydrogen-bond acceptors (Lipinski definition) is 5. The quantitative estimate of drug-likeness (QED) is 0.0959. The van der Waals surface area contributed by atoms with Gasteiger partial charge in [0.2, 0.25) is 0 Å². The van der Waals surface area contributed by atoms with Crippen molar-refractivity contribution in [2.45, 2.75) is 98.7 Å². The molecule has 0 spiro atoms. The Morgan fingerprint density at radius 2 is 1.57 bits per heavy atom. The maximum Gasteiger partial charge on any atom is 0.185 e. The number of carbonyl (C=O) groups is 1. The summed E-state index contributed by atoms with van der Waals surface area (Å²) in [5.41, 5.74) is 18.0. The van der Waals surface area contributed by atoms with Crippen molar-refractivity contribution in [2.75, 3.05) is 11.5 Å². The van der Waals surface area contributed by atoms with Gasteiger partial charge in [-0.1, -0.05) is 64.5 Å². The summed E-state index contributed by atoms with van der Waals surface area (Å²) < 4.78 is 12.5. The summed E-state index contributed by atoms with van der Waals surface area (Å²) in [6, 6.07) is 20.8. The fourth-order valence-corrected chi connectivity index (χ4v) is 10.9. The summed E-state index contributed by atoms with van der Waals surface area (Å²) >= 11 is 0. The van der Waals surface area contributed by atoms with E-state index in [-0.39, 0.29) is 11.9 Å². The van der Waals surface area contributed by atoms with Crippen molar-refractivity contribution >= 4 is 23.2 Å². The van der Waals surface area contributed by atoms with Gasteiger partial charge in [0.15, 0.2) is 5.78 Å². The van der Waals surface area contributed by atoms with Gasteiger partial charge in [-0.15, -0.1) is 0 Å². The number of carbonyl (C=O) groups excluding carboxylic acids is 1. The third kappa shape index (κ3) is 7.10. The van der Waals surface area contributed by atoms with E-state index in [1.165, 1.54) is 38.5 Å². The second-order valence-corrected chi connectivity index (χ2v) is 17.2. The minimum Gasteiger partial charge on any atom is -0.490 e. The Balaban J connectivity index is 0.921. The van der Waals surface area contributed by atoms with Crippen molar-refractivity contribution in [3.05, 3.63) is 101 Å². The number of hydrogen-bond donors (Lipinski definition) is 2. The van der Waals surface area contributed by atoms with Gasteiger partial charge in [-0.3, -0.25) is 4.79 Å². The van der Waals surface area contributed by atoms with Crippen LogP contribution in [-0.4, -0.2) is 11.9 Å². The zero-order valence-electron chi connectivity index (χ0n) is 31.4. The van der Waals surface area contributed by atoms with E-state index < -0.39 is 0 Å². The Kier molecular flexibility index (Phi) is 9.86. The fourth-order valence-electron chi connectivity index (χ4n) is 10.9. The third-order valence-electron chi connectivity index (χ3n) is 14.0. The molecule has 0 aromatic heterocycles. The van der Waals surface area contributed by atoms with E-state index in [1.54, 1.807) is 17.7 Å². The zero-order chi connectivity index (χ0) is 35.9. The SMILES string of the molecule is CC(C)C(C)C1CCC2C3CC=C4CC(Oc5ccc(C(=O)/C=C/c6ccc(OCc7cc(N)cc(N)c7)cc6)cc5)CCC4(C)C3CCC12C. The van der Waals surface area contributed by atoms with E-state index in [2.05, 4.69) is 40.7 Å². The molecule has 0 saturated heterocycles. The second kappa shape index (κ2) is 14.2. The molecule has 270 valence electrons. The van der Waals surface area contributed by atoms with E-state index in [0.717, 1.165) is 71.0 Å². The molecule has 0 aliphatic heterocycles. The number of ether oxygens (including phenoxy) is 2. The first-order chi connectivity index (χ1) is 24.4. The molecule has 3 aromatic carbocycles. The molecule has 4 aliphatic rings. The van der Waals surface area contributed by atoms with Crippen molar-refractivity contribution < 1.29 is 14.3 Å². The summed E-state index contributed by atoms with van der Waals surface area (Å²) in [4.78, 5) is 13.0. The van der Waals surface area contributed by atoms with Crippen molar-refractivity contribution in [2.24, 2.45) is 46.3 Å². The van der Waals surface area contributed by atoms with Crippen LogP contribution in [-0.2, 0) is 6.61 Å². The third-order valence-corrected chi connectivity index (χ3v) is 14.0. The van der Waals surface area contributed by atoms with E-state index in [9.17, 15) is 4.79 Å². The predicted molar refractivity (Wildman–Crippen MR) is 209 cm³/mol. The summed E-state index contributed by atoms with van der Waals surface area (Å²) in [6.45, 7) is 13.0. The molecule has 3 aromatic rings. The van der Waals surface area contributed by atoms with Crippen LogP contribution in [0.5, 0.6) is 11.5 Å². The van der Waals surface area contributed by atoms with Crippen LogP contribution in [0.1, 0.15) is 107 Å². The van der Waals surface area contributed by atoms with Gasteiger partial charge in [0.1, 0.15) is 24.2 Å². The van der Waals surface area contributed by atoms with Crippen molar-refractivity contribution in [1.82, 2.24) is 0 Å². The van der Waals surface area contributed by atoms with E-state index in [4.69, 9.17) is 20.9 Å². The predicted octanol–water partition coefficient (Wildman–Crippen LogP) is 10.9. The molecule has 4 aliphatic carbocycles. The van der Waals surface area contributed by atoms with Crippen LogP contribution < -0.4 is 20.9 Å². The van der Waals surface area contributed by atoms with Crippen molar-refractivity contribution in [3.8, 4) is 11.5 Å². The molecule has 8 unspecified atom stereocenters. The number of rotatable bonds is 10. The number of ketones is 1. The lowest BCUT2D eigenvalue weighted by Gasteiger charge is -2.58. The molecule has 0 amide bonds.